The molecule has 78 valence electrons. The first-order valence-electron chi connectivity index (χ1n) is 4.77. The highest BCUT2D eigenvalue weighted by Crippen LogP contribution is 1.79. The average Bonchev–Trinajstić information content (AvgIpc) is 2.14. The molecular weight excluding hydrogens is 168 g/mol. The molecule has 0 unspecified atom stereocenters. The van der Waals surface area contributed by atoms with Gasteiger partial charge in [-0.05, 0) is 13.0 Å². The molecule has 1 amide bonds. The van der Waals surface area contributed by atoms with Gasteiger partial charge in [0.05, 0.1) is 6.61 Å². The van der Waals surface area contributed by atoms with E-state index in [1.54, 1.807) is 7.11 Å². The van der Waals surface area contributed by atoms with Crippen LogP contribution in [-0.2, 0) is 9.53 Å². The van der Waals surface area contributed by atoms with Crippen molar-refractivity contribution in [3.8, 4) is 0 Å². The summed E-state index contributed by atoms with van der Waals surface area (Å²) in [6, 6.07) is 0. The quantitative estimate of drug-likeness (QED) is 0.533. The Hall–Kier alpha value is -0.610. The maximum Gasteiger partial charge on any atom is 0.222 e. The molecule has 0 radical (unpaired) electrons. The van der Waals surface area contributed by atoms with Crippen molar-refractivity contribution in [1.29, 1.82) is 0 Å². The number of carbonyl (C=O) groups is 1. The van der Waals surface area contributed by atoms with E-state index in [2.05, 4.69) is 17.6 Å². The Balaban J connectivity index is 3.08. The second-order valence-electron chi connectivity index (χ2n) is 2.84. The van der Waals surface area contributed by atoms with Crippen molar-refractivity contribution in [2.75, 3.05) is 33.4 Å². The number of nitrogens with one attached hydrogen (secondary N) is 2. The molecule has 0 aliphatic heterocycles. The zero-order valence-corrected chi connectivity index (χ0v) is 8.56. The van der Waals surface area contributed by atoms with Gasteiger partial charge in [-0.1, -0.05) is 6.92 Å². The molecule has 2 N–H and O–H groups in total. The van der Waals surface area contributed by atoms with Gasteiger partial charge < -0.3 is 15.4 Å². The monoisotopic (exact) mass is 188 g/mol. The van der Waals surface area contributed by atoms with E-state index in [1.807, 2.05) is 0 Å². The van der Waals surface area contributed by atoms with Gasteiger partial charge in [-0.2, -0.15) is 0 Å². The van der Waals surface area contributed by atoms with E-state index < -0.39 is 0 Å². The zero-order chi connectivity index (χ0) is 9.94. The van der Waals surface area contributed by atoms with Gasteiger partial charge in [-0.25, -0.2) is 0 Å². The van der Waals surface area contributed by atoms with E-state index >= 15 is 0 Å². The highest BCUT2D eigenvalue weighted by molar-refractivity contribution is 5.75. The normalized spacial score (nSPS) is 10.0. The molecule has 4 heteroatoms. The third kappa shape index (κ3) is 9.30. The first-order valence-corrected chi connectivity index (χ1v) is 4.77. The first-order chi connectivity index (χ1) is 6.31. The summed E-state index contributed by atoms with van der Waals surface area (Å²) >= 11 is 0. The molecule has 0 aliphatic rings. The Morgan fingerprint density at radius 3 is 2.69 bits per heavy atom. The predicted octanol–water partition coefficient (Wildman–Crippen LogP) is 0.139. The van der Waals surface area contributed by atoms with Gasteiger partial charge >= 0.3 is 0 Å². The Morgan fingerprint density at radius 1 is 1.31 bits per heavy atom. The number of rotatable bonds is 8. The molecule has 0 aromatic carbocycles. The van der Waals surface area contributed by atoms with Crippen molar-refractivity contribution in [2.45, 2.75) is 19.8 Å². The summed E-state index contributed by atoms with van der Waals surface area (Å²) in [5.74, 6) is 0.0557. The second-order valence-corrected chi connectivity index (χ2v) is 2.84. The van der Waals surface area contributed by atoms with E-state index in [0.717, 1.165) is 19.5 Å². The molecule has 0 rings (SSSR count). The molecule has 0 aromatic rings. The van der Waals surface area contributed by atoms with Crippen LogP contribution in [0.4, 0.5) is 0 Å². The summed E-state index contributed by atoms with van der Waals surface area (Å²) in [7, 11) is 1.59. The van der Waals surface area contributed by atoms with Crippen LogP contribution in [0.25, 0.3) is 0 Å². The van der Waals surface area contributed by atoms with E-state index in [1.165, 1.54) is 0 Å². The standard InChI is InChI=1S/C9H20N2O2/c1-3-5-10-6-7-11-9(12)4-8-13-2/h10H,3-8H2,1-2H3,(H,11,12). The Kier molecular flexibility index (Phi) is 9.03. The summed E-state index contributed by atoms with van der Waals surface area (Å²) < 4.78 is 4.78. The maximum absolute atomic E-state index is 11.0. The lowest BCUT2D eigenvalue weighted by atomic mass is 10.4. The average molecular weight is 188 g/mol. The van der Waals surface area contributed by atoms with Crippen LogP contribution in [0.2, 0.25) is 0 Å². The Labute approximate surface area is 80.0 Å². The molecule has 0 aliphatic carbocycles. The van der Waals surface area contributed by atoms with Crippen LogP contribution in [0.5, 0.6) is 0 Å². The molecule has 0 fully saturated rings. The van der Waals surface area contributed by atoms with Gasteiger partial charge in [0.2, 0.25) is 5.91 Å². The molecule has 0 heterocycles. The number of carbonyl (C=O) groups excluding carboxylic acids is 1. The number of methoxy groups -OCH3 is 1. The summed E-state index contributed by atoms with van der Waals surface area (Å²) in [4.78, 5) is 11.0. The minimum absolute atomic E-state index is 0.0557. The van der Waals surface area contributed by atoms with Crippen LogP contribution < -0.4 is 10.6 Å². The minimum Gasteiger partial charge on any atom is -0.384 e. The molecule has 0 saturated heterocycles. The highest BCUT2D eigenvalue weighted by Gasteiger charge is 1.97. The number of hydrogen-bond acceptors (Lipinski definition) is 3. The molecule has 0 saturated carbocycles. The lowest BCUT2D eigenvalue weighted by Crippen LogP contribution is -2.32. The van der Waals surface area contributed by atoms with Gasteiger partial charge in [0.1, 0.15) is 0 Å². The topological polar surface area (TPSA) is 50.4 Å². The fourth-order valence-corrected chi connectivity index (χ4v) is 0.875. The molecular formula is C9H20N2O2. The van der Waals surface area contributed by atoms with E-state index in [9.17, 15) is 4.79 Å². The molecule has 0 aromatic heterocycles. The van der Waals surface area contributed by atoms with Crippen LogP contribution in [0, 0.1) is 0 Å². The van der Waals surface area contributed by atoms with Crippen LogP contribution in [0.3, 0.4) is 0 Å². The van der Waals surface area contributed by atoms with Gasteiger partial charge in [-0.3, -0.25) is 4.79 Å². The SMILES string of the molecule is CCCNCCNC(=O)CCOC. The van der Waals surface area contributed by atoms with Crippen molar-refractivity contribution in [2.24, 2.45) is 0 Å². The molecule has 0 spiro atoms. The Morgan fingerprint density at radius 2 is 2.08 bits per heavy atom. The highest BCUT2D eigenvalue weighted by atomic mass is 16.5. The predicted molar refractivity (Wildman–Crippen MR) is 52.7 cm³/mol. The summed E-state index contributed by atoms with van der Waals surface area (Å²) in [5, 5.41) is 6.00. The van der Waals surface area contributed by atoms with E-state index in [4.69, 9.17) is 4.74 Å². The Bertz CT molecular complexity index is 129. The van der Waals surface area contributed by atoms with Crippen LogP contribution in [-0.4, -0.2) is 39.3 Å². The third-order valence-electron chi connectivity index (χ3n) is 1.58. The number of ether oxygens (including phenoxy) is 1. The summed E-state index contributed by atoms with van der Waals surface area (Å²) in [6.45, 7) is 5.15. The van der Waals surface area contributed by atoms with Crippen molar-refractivity contribution in [1.82, 2.24) is 10.6 Å². The van der Waals surface area contributed by atoms with Crippen molar-refractivity contribution >= 4 is 5.91 Å². The summed E-state index contributed by atoms with van der Waals surface area (Å²) in [5.41, 5.74) is 0. The largest absolute Gasteiger partial charge is 0.384 e. The lowest BCUT2D eigenvalue weighted by molar-refractivity contribution is -0.121. The van der Waals surface area contributed by atoms with Crippen molar-refractivity contribution in [3.05, 3.63) is 0 Å². The third-order valence-corrected chi connectivity index (χ3v) is 1.58. The second kappa shape index (κ2) is 9.48. The molecule has 13 heavy (non-hydrogen) atoms. The number of amides is 1. The van der Waals surface area contributed by atoms with Crippen molar-refractivity contribution < 1.29 is 9.53 Å². The first kappa shape index (κ1) is 12.4. The summed E-state index contributed by atoms with van der Waals surface area (Å²) in [6.07, 6.45) is 1.57. The lowest BCUT2D eigenvalue weighted by Gasteiger charge is -2.05. The fraction of sp³-hybridized carbons (Fsp3) is 0.889. The van der Waals surface area contributed by atoms with Crippen LogP contribution in [0.1, 0.15) is 19.8 Å². The molecule has 0 atom stereocenters. The minimum atomic E-state index is 0.0557. The fourth-order valence-electron chi connectivity index (χ4n) is 0.875. The maximum atomic E-state index is 11.0. The van der Waals surface area contributed by atoms with Gasteiger partial charge in [-0.15, -0.1) is 0 Å². The van der Waals surface area contributed by atoms with Gasteiger partial charge in [0.15, 0.2) is 0 Å². The van der Waals surface area contributed by atoms with Crippen LogP contribution in [0.15, 0.2) is 0 Å². The van der Waals surface area contributed by atoms with Crippen molar-refractivity contribution in [3.63, 3.8) is 0 Å². The number of hydrogen-bond donors (Lipinski definition) is 2. The van der Waals surface area contributed by atoms with Gasteiger partial charge in [0.25, 0.3) is 0 Å². The van der Waals surface area contributed by atoms with Crippen LogP contribution >= 0.6 is 0 Å². The zero-order valence-electron chi connectivity index (χ0n) is 8.56. The van der Waals surface area contributed by atoms with Gasteiger partial charge in [0, 0.05) is 26.6 Å². The molecule has 0 bridgehead atoms. The van der Waals surface area contributed by atoms with E-state index in [0.29, 0.717) is 19.6 Å². The molecule has 4 nitrogen and oxygen atoms in total. The van der Waals surface area contributed by atoms with E-state index in [-0.39, 0.29) is 5.91 Å². The smallest absolute Gasteiger partial charge is 0.222 e.